The number of fused-ring (bicyclic) bond motifs is 1. The van der Waals surface area contributed by atoms with Crippen LogP contribution in [0.5, 0.6) is 5.75 Å². The summed E-state index contributed by atoms with van der Waals surface area (Å²) in [5.74, 6) is 0.508. The van der Waals surface area contributed by atoms with E-state index >= 15 is 0 Å². The lowest BCUT2D eigenvalue weighted by Gasteiger charge is -2.07. The zero-order chi connectivity index (χ0) is 18.7. The minimum atomic E-state index is -0.300. The van der Waals surface area contributed by atoms with Crippen LogP contribution in [0.3, 0.4) is 0 Å². The quantitative estimate of drug-likeness (QED) is 0.620. The Hall–Kier alpha value is -2.67. The van der Waals surface area contributed by atoms with Gasteiger partial charge in [0.15, 0.2) is 4.80 Å². The highest BCUT2D eigenvalue weighted by molar-refractivity contribution is 7.16. The van der Waals surface area contributed by atoms with Crippen LogP contribution < -0.4 is 9.54 Å². The van der Waals surface area contributed by atoms with Crippen LogP contribution in [0.2, 0.25) is 0 Å². The SMILES string of the molecule is C=CCn1c(=NC(=O)c2ccnn2C(C)C)sc2cc(OCC)ccc21. The molecule has 0 saturated heterocycles. The van der Waals surface area contributed by atoms with Crippen molar-refractivity contribution in [1.29, 1.82) is 0 Å². The number of hydrogen-bond donors (Lipinski definition) is 0. The molecule has 0 aliphatic heterocycles. The summed E-state index contributed by atoms with van der Waals surface area (Å²) < 4.78 is 10.3. The lowest BCUT2D eigenvalue weighted by molar-refractivity contribution is 0.0986. The van der Waals surface area contributed by atoms with Crippen molar-refractivity contribution in [2.24, 2.45) is 4.99 Å². The molecule has 0 bridgehead atoms. The average Bonchev–Trinajstić information content (AvgIpc) is 3.21. The number of nitrogens with zero attached hydrogens (tertiary/aromatic N) is 4. The molecule has 0 N–H and O–H groups in total. The number of thiazole rings is 1. The van der Waals surface area contributed by atoms with Crippen molar-refractivity contribution in [2.75, 3.05) is 6.61 Å². The van der Waals surface area contributed by atoms with Crippen LogP contribution in [0.1, 0.15) is 37.3 Å². The van der Waals surface area contributed by atoms with E-state index in [1.54, 1.807) is 23.0 Å². The number of hydrogen-bond acceptors (Lipinski definition) is 4. The van der Waals surface area contributed by atoms with Crippen LogP contribution in [0.4, 0.5) is 0 Å². The van der Waals surface area contributed by atoms with E-state index in [0.717, 1.165) is 16.0 Å². The molecule has 136 valence electrons. The van der Waals surface area contributed by atoms with Crippen LogP contribution in [0.25, 0.3) is 10.2 Å². The van der Waals surface area contributed by atoms with Crippen molar-refractivity contribution in [3.63, 3.8) is 0 Å². The first-order valence-electron chi connectivity index (χ1n) is 8.54. The normalized spacial score (nSPS) is 12.1. The Kier molecular flexibility index (Phi) is 5.37. The number of carbonyl (C=O) groups is 1. The Labute approximate surface area is 156 Å². The molecule has 1 amide bonds. The van der Waals surface area contributed by atoms with Crippen LogP contribution >= 0.6 is 11.3 Å². The fourth-order valence-corrected chi connectivity index (χ4v) is 3.81. The summed E-state index contributed by atoms with van der Waals surface area (Å²) in [5.41, 5.74) is 1.49. The minimum absolute atomic E-state index is 0.0932. The highest BCUT2D eigenvalue weighted by atomic mass is 32.1. The fraction of sp³-hybridized carbons (Fsp3) is 0.316. The zero-order valence-corrected chi connectivity index (χ0v) is 16.0. The van der Waals surface area contributed by atoms with E-state index in [4.69, 9.17) is 4.74 Å². The van der Waals surface area contributed by atoms with Gasteiger partial charge in [0.2, 0.25) is 0 Å². The average molecular weight is 370 g/mol. The summed E-state index contributed by atoms with van der Waals surface area (Å²) in [6.45, 7) is 10.9. The second-order valence-corrected chi connectivity index (χ2v) is 7.03. The maximum absolute atomic E-state index is 12.7. The molecule has 26 heavy (non-hydrogen) atoms. The third-order valence-electron chi connectivity index (χ3n) is 3.85. The molecule has 2 aromatic heterocycles. The third-order valence-corrected chi connectivity index (χ3v) is 4.89. The van der Waals surface area contributed by atoms with Gasteiger partial charge >= 0.3 is 0 Å². The Balaban J connectivity index is 2.11. The van der Waals surface area contributed by atoms with Crippen molar-refractivity contribution < 1.29 is 9.53 Å². The molecule has 3 rings (SSSR count). The predicted octanol–water partition coefficient (Wildman–Crippen LogP) is 3.81. The Morgan fingerprint density at radius 3 is 2.92 bits per heavy atom. The lowest BCUT2D eigenvalue weighted by atomic mass is 10.3. The number of rotatable bonds is 6. The van der Waals surface area contributed by atoms with Crippen molar-refractivity contribution in [3.8, 4) is 5.75 Å². The van der Waals surface area contributed by atoms with Crippen LogP contribution in [-0.4, -0.2) is 26.9 Å². The molecular weight excluding hydrogens is 348 g/mol. The smallest absolute Gasteiger partial charge is 0.297 e. The maximum Gasteiger partial charge on any atom is 0.297 e. The van der Waals surface area contributed by atoms with E-state index in [9.17, 15) is 4.79 Å². The van der Waals surface area contributed by atoms with Gasteiger partial charge in [0.05, 0.1) is 16.8 Å². The highest BCUT2D eigenvalue weighted by Crippen LogP contribution is 2.23. The Morgan fingerprint density at radius 2 is 2.23 bits per heavy atom. The molecule has 3 aromatic rings. The molecule has 0 fully saturated rings. The Bertz CT molecular complexity index is 1010. The van der Waals surface area contributed by atoms with Gasteiger partial charge in [0.25, 0.3) is 5.91 Å². The van der Waals surface area contributed by atoms with Gasteiger partial charge in [-0.2, -0.15) is 10.1 Å². The molecule has 1 aromatic carbocycles. The second kappa shape index (κ2) is 7.70. The number of ether oxygens (including phenoxy) is 1. The summed E-state index contributed by atoms with van der Waals surface area (Å²) in [5, 5.41) is 4.21. The largest absolute Gasteiger partial charge is 0.494 e. The van der Waals surface area contributed by atoms with Crippen LogP contribution in [0, 0.1) is 0 Å². The standard InChI is InChI=1S/C19H22N4O2S/c1-5-11-22-15-8-7-14(25-6-2)12-17(15)26-19(22)21-18(24)16-9-10-20-23(16)13(3)4/h5,7-10,12-13H,1,6,11H2,2-4H3. The molecule has 0 aliphatic rings. The van der Waals surface area contributed by atoms with Gasteiger partial charge in [-0.15, -0.1) is 6.58 Å². The lowest BCUT2D eigenvalue weighted by Crippen LogP contribution is -2.18. The van der Waals surface area contributed by atoms with Crippen LogP contribution in [-0.2, 0) is 6.54 Å². The monoisotopic (exact) mass is 370 g/mol. The zero-order valence-electron chi connectivity index (χ0n) is 15.2. The van der Waals surface area contributed by atoms with E-state index in [1.165, 1.54) is 11.3 Å². The first-order chi connectivity index (χ1) is 12.5. The van der Waals surface area contributed by atoms with Crippen molar-refractivity contribution in [2.45, 2.75) is 33.4 Å². The second-order valence-electron chi connectivity index (χ2n) is 6.02. The molecule has 7 heteroatoms. The van der Waals surface area contributed by atoms with Gasteiger partial charge in [-0.25, -0.2) is 0 Å². The predicted molar refractivity (Wildman–Crippen MR) is 104 cm³/mol. The molecule has 0 aliphatic carbocycles. The molecule has 0 unspecified atom stereocenters. The van der Waals surface area contributed by atoms with Gasteiger partial charge in [-0.1, -0.05) is 17.4 Å². The Morgan fingerprint density at radius 1 is 1.42 bits per heavy atom. The molecule has 0 saturated carbocycles. The van der Waals surface area contributed by atoms with Gasteiger partial charge in [-0.3, -0.25) is 9.48 Å². The topological polar surface area (TPSA) is 61.4 Å². The van der Waals surface area contributed by atoms with Gasteiger partial charge in [0.1, 0.15) is 11.4 Å². The molecule has 2 heterocycles. The number of carbonyl (C=O) groups excluding carboxylic acids is 1. The first kappa shape index (κ1) is 18.1. The number of amides is 1. The van der Waals surface area contributed by atoms with E-state index in [2.05, 4.69) is 16.7 Å². The highest BCUT2D eigenvalue weighted by Gasteiger charge is 2.14. The number of benzene rings is 1. The van der Waals surface area contributed by atoms with Gasteiger partial charge < -0.3 is 9.30 Å². The minimum Gasteiger partial charge on any atom is -0.494 e. The van der Waals surface area contributed by atoms with E-state index in [-0.39, 0.29) is 11.9 Å². The number of aromatic nitrogens is 3. The van der Waals surface area contributed by atoms with Crippen molar-refractivity contribution in [3.05, 3.63) is 53.6 Å². The van der Waals surface area contributed by atoms with E-state index in [0.29, 0.717) is 23.6 Å². The van der Waals surface area contributed by atoms with Gasteiger partial charge in [0, 0.05) is 18.8 Å². The third kappa shape index (κ3) is 3.48. The van der Waals surface area contributed by atoms with E-state index < -0.39 is 0 Å². The molecular formula is C19H22N4O2S. The summed E-state index contributed by atoms with van der Waals surface area (Å²) in [7, 11) is 0. The molecule has 0 spiro atoms. The molecule has 6 nitrogen and oxygen atoms in total. The molecule has 0 radical (unpaired) electrons. The van der Waals surface area contributed by atoms with Crippen molar-refractivity contribution in [1.82, 2.24) is 14.3 Å². The van der Waals surface area contributed by atoms with E-state index in [1.807, 2.05) is 43.5 Å². The fourth-order valence-electron chi connectivity index (χ4n) is 2.74. The summed E-state index contributed by atoms with van der Waals surface area (Å²) >= 11 is 1.46. The maximum atomic E-state index is 12.7. The summed E-state index contributed by atoms with van der Waals surface area (Å²) in [6.07, 6.45) is 3.42. The summed E-state index contributed by atoms with van der Waals surface area (Å²) in [4.78, 5) is 17.7. The number of allylic oxidation sites excluding steroid dienone is 1. The van der Waals surface area contributed by atoms with Crippen molar-refractivity contribution >= 4 is 27.5 Å². The summed E-state index contributed by atoms with van der Waals surface area (Å²) in [6, 6.07) is 7.69. The van der Waals surface area contributed by atoms with Gasteiger partial charge in [-0.05, 0) is 45.0 Å². The first-order valence-corrected chi connectivity index (χ1v) is 9.36. The molecule has 0 atom stereocenters. The van der Waals surface area contributed by atoms with Crippen LogP contribution in [0.15, 0.2) is 48.1 Å².